The highest BCUT2D eigenvalue weighted by Crippen LogP contribution is 2.32. The van der Waals surface area contributed by atoms with Gasteiger partial charge in [0.15, 0.2) is 4.91 Å². The molecule has 0 amide bonds. The Balaban J connectivity index is 2.00. The van der Waals surface area contributed by atoms with E-state index in [9.17, 15) is 13.7 Å². The maximum absolute atomic E-state index is 12.7. The monoisotopic (exact) mass is 417 g/mol. The van der Waals surface area contributed by atoms with Crippen LogP contribution in [0.3, 0.4) is 0 Å². The van der Waals surface area contributed by atoms with Crippen LogP contribution in [0.15, 0.2) is 68.8 Å². The second-order valence-corrected chi connectivity index (χ2v) is 8.52. The molecule has 0 aliphatic rings. The van der Waals surface area contributed by atoms with Crippen molar-refractivity contribution in [1.82, 2.24) is 0 Å². The summed E-state index contributed by atoms with van der Waals surface area (Å²) in [5.41, 5.74) is 1.49. The quantitative estimate of drug-likeness (QED) is 0.495. The molecule has 2 aromatic carbocycles. The minimum atomic E-state index is -3.94. The van der Waals surface area contributed by atoms with Crippen LogP contribution in [0.4, 0.5) is 0 Å². The first kappa shape index (κ1) is 19.2. The van der Waals surface area contributed by atoms with Gasteiger partial charge in [-0.2, -0.15) is 5.26 Å². The number of rotatable bonds is 4. The van der Waals surface area contributed by atoms with E-state index in [1.807, 2.05) is 6.92 Å². The maximum atomic E-state index is 12.7. The third kappa shape index (κ3) is 4.09. The lowest BCUT2D eigenvalue weighted by molar-refractivity contribution is 0.571. The largest absolute Gasteiger partial charge is 0.457 e. The smallest absolute Gasteiger partial charge is 0.216 e. The average Bonchev–Trinajstić information content (AvgIpc) is 3.10. The summed E-state index contributed by atoms with van der Waals surface area (Å²) in [7, 11) is -3.94. The Morgan fingerprint density at radius 3 is 2.44 bits per heavy atom. The molecule has 0 saturated carbocycles. The van der Waals surface area contributed by atoms with E-state index in [0.29, 0.717) is 21.4 Å². The van der Waals surface area contributed by atoms with Crippen molar-refractivity contribution in [2.24, 2.45) is 0 Å². The summed E-state index contributed by atoms with van der Waals surface area (Å²) in [6, 6.07) is 16.2. The molecular formula is C20H13Cl2NO3S. The van der Waals surface area contributed by atoms with Crippen molar-refractivity contribution in [2.75, 3.05) is 0 Å². The minimum Gasteiger partial charge on any atom is -0.457 e. The molecule has 3 rings (SSSR count). The number of aryl methyl sites for hydroxylation is 1. The molecule has 4 nitrogen and oxygen atoms in total. The van der Waals surface area contributed by atoms with Crippen molar-refractivity contribution in [3.63, 3.8) is 0 Å². The zero-order chi connectivity index (χ0) is 19.6. The van der Waals surface area contributed by atoms with Crippen molar-refractivity contribution in [3.05, 3.63) is 80.9 Å². The van der Waals surface area contributed by atoms with Gasteiger partial charge in [-0.15, -0.1) is 0 Å². The van der Waals surface area contributed by atoms with Crippen LogP contribution >= 0.6 is 23.2 Å². The van der Waals surface area contributed by atoms with Crippen molar-refractivity contribution in [2.45, 2.75) is 11.8 Å². The van der Waals surface area contributed by atoms with Crippen molar-refractivity contribution < 1.29 is 12.8 Å². The fourth-order valence-electron chi connectivity index (χ4n) is 2.41. The Morgan fingerprint density at radius 2 is 1.78 bits per heavy atom. The van der Waals surface area contributed by atoms with E-state index in [1.54, 1.807) is 48.5 Å². The molecule has 0 aliphatic heterocycles. The summed E-state index contributed by atoms with van der Waals surface area (Å²) < 4.78 is 31.0. The van der Waals surface area contributed by atoms with E-state index in [-0.39, 0.29) is 10.7 Å². The lowest BCUT2D eigenvalue weighted by Crippen LogP contribution is -2.03. The van der Waals surface area contributed by atoms with Gasteiger partial charge in [-0.3, -0.25) is 0 Å². The van der Waals surface area contributed by atoms with Crippen LogP contribution in [0.2, 0.25) is 10.0 Å². The molecular weight excluding hydrogens is 405 g/mol. The fourth-order valence-corrected chi connectivity index (χ4v) is 3.93. The van der Waals surface area contributed by atoms with Gasteiger partial charge in [-0.1, -0.05) is 40.9 Å². The summed E-state index contributed by atoms with van der Waals surface area (Å²) >= 11 is 12.1. The Kier molecular flexibility index (Phi) is 5.43. The molecule has 27 heavy (non-hydrogen) atoms. The van der Waals surface area contributed by atoms with Gasteiger partial charge in [-0.05, 0) is 49.4 Å². The Hall–Kier alpha value is -2.52. The highest BCUT2D eigenvalue weighted by Gasteiger charge is 2.21. The molecule has 0 atom stereocenters. The molecule has 1 aromatic heterocycles. The number of allylic oxidation sites excluding steroid dienone is 1. The number of halogens is 2. The number of nitriles is 1. The number of furan rings is 1. The van der Waals surface area contributed by atoms with Gasteiger partial charge in [0.05, 0.1) is 9.92 Å². The second kappa shape index (κ2) is 7.61. The Bertz CT molecular complexity index is 1170. The highest BCUT2D eigenvalue weighted by atomic mass is 35.5. The van der Waals surface area contributed by atoms with Gasteiger partial charge in [0.25, 0.3) is 0 Å². The lowest BCUT2D eigenvalue weighted by atomic mass is 10.2. The molecule has 0 bridgehead atoms. The standard InChI is InChI=1S/C20H13Cl2NO3S/c1-13-2-6-16(7-3-13)27(24,25)17(12-23)11-15-5-9-20(26-15)18-10-14(21)4-8-19(18)22/h2-11H,1H3. The van der Waals surface area contributed by atoms with E-state index >= 15 is 0 Å². The molecule has 0 spiro atoms. The summed E-state index contributed by atoms with van der Waals surface area (Å²) in [5, 5.41) is 10.3. The molecule has 136 valence electrons. The third-order valence-corrected chi connectivity index (χ3v) is 6.07. The Labute approximate surface area is 167 Å². The van der Waals surface area contributed by atoms with Crippen LogP contribution < -0.4 is 0 Å². The molecule has 0 saturated heterocycles. The van der Waals surface area contributed by atoms with Crippen LogP contribution in [-0.4, -0.2) is 8.42 Å². The van der Waals surface area contributed by atoms with E-state index < -0.39 is 14.7 Å². The van der Waals surface area contributed by atoms with Crippen molar-refractivity contribution in [3.8, 4) is 17.4 Å². The van der Waals surface area contributed by atoms with Crippen LogP contribution in [0.5, 0.6) is 0 Å². The average molecular weight is 418 g/mol. The minimum absolute atomic E-state index is 0.0468. The highest BCUT2D eigenvalue weighted by molar-refractivity contribution is 7.95. The van der Waals surface area contributed by atoms with Crippen molar-refractivity contribution >= 4 is 39.1 Å². The number of nitrogens with zero attached hydrogens (tertiary/aromatic N) is 1. The van der Waals surface area contributed by atoms with Crippen LogP contribution in [-0.2, 0) is 9.84 Å². The molecule has 3 aromatic rings. The van der Waals surface area contributed by atoms with E-state index in [4.69, 9.17) is 27.6 Å². The van der Waals surface area contributed by atoms with E-state index in [2.05, 4.69) is 0 Å². The van der Waals surface area contributed by atoms with Gasteiger partial charge < -0.3 is 4.42 Å². The summed E-state index contributed by atoms with van der Waals surface area (Å²) in [6.07, 6.45) is 1.19. The predicted molar refractivity (Wildman–Crippen MR) is 106 cm³/mol. The first-order valence-corrected chi connectivity index (χ1v) is 10.0. The number of benzene rings is 2. The fraction of sp³-hybridized carbons (Fsp3) is 0.0500. The predicted octanol–water partition coefficient (Wildman–Crippen LogP) is 5.90. The first-order chi connectivity index (χ1) is 12.8. The van der Waals surface area contributed by atoms with Crippen LogP contribution in [0, 0.1) is 18.3 Å². The van der Waals surface area contributed by atoms with Gasteiger partial charge in [0, 0.05) is 16.7 Å². The van der Waals surface area contributed by atoms with Gasteiger partial charge in [0.2, 0.25) is 9.84 Å². The zero-order valence-corrected chi connectivity index (χ0v) is 16.4. The summed E-state index contributed by atoms with van der Waals surface area (Å²) in [4.78, 5) is -0.366. The molecule has 7 heteroatoms. The molecule has 0 unspecified atom stereocenters. The summed E-state index contributed by atoms with van der Waals surface area (Å²) in [5.74, 6) is 0.632. The SMILES string of the molecule is Cc1ccc(S(=O)(=O)C(C#N)=Cc2ccc(-c3cc(Cl)ccc3Cl)o2)cc1. The molecule has 0 radical (unpaired) electrons. The molecule has 1 heterocycles. The Morgan fingerprint density at radius 1 is 1.07 bits per heavy atom. The lowest BCUT2D eigenvalue weighted by Gasteiger charge is -2.03. The van der Waals surface area contributed by atoms with E-state index in [0.717, 1.165) is 5.56 Å². The van der Waals surface area contributed by atoms with Gasteiger partial charge >= 0.3 is 0 Å². The normalized spacial score (nSPS) is 12.0. The third-order valence-electron chi connectivity index (χ3n) is 3.82. The number of sulfone groups is 1. The topological polar surface area (TPSA) is 71.1 Å². The van der Waals surface area contributed by atoms with Crippen LogP contribution in [0.1, 0.15) is 11.3 Å². The maximum Gasteiger partial charge on any atom is 0.216 e. The summed E-state index contributed by atoms with van der Waals surface area (Å²) in [6.45, 7) is 1.85. The molecule has 0 N–H and O–H groups in total. The number of hydrogen-bond donors (Lipinski definition) is 0. The second-order valence-electron chi connectivity index (χ2n) is 5.76. The van der Waals surface area contributed by atoms with Gasteiger partial charge in [0.1, 0.15) is 17.6 Å². The van der Waals surface area contributed by atoms with E-state index in [1.165, 1.54) is 18.2 Å². The van der Waals surface area contributed by atoms with Crippen molar-refractivity contribution in [1.29, 1.82) is 5.26 Å². The van der Waals surface area contributed by atoms with Crippen LogP contribution in [0.25, 0.3) is 17.4 Å². The first-order valence-electron chi connectivity index (χ1n) is 7.80. The molecule has 0 fully saturated rings. The van der Waals surface area contributed by atoms with Gasteiger partial charge in [-0.25, -0.2) is 8.42 Å². The molecule has 0 aliphatic carbocycles. The number of hydrogen-bond acceptors (Lipinski definition) is 4. The zero-order valence-electron chi connectivity index (χ0n) is 14.1.